The van der Waals surface area contributed by atoms with Gasteiger partial charge in [-0.2, -0.15) is 0 Å². The van der Waals surface area contributed by atoms with Crippen LogP contribution in [0.3, 0.4) is 0 Å². The Kier molecular flexibility index (Phi) is 6.23. The van der Waals surface area contributed by atoms with Crippen molar-refractivity contribution in [2.75, 3.05) is 18.4 Å². The van der Waals surface area contributed by atoms with Crippen LogP contribution in [0.1, 0.15) is 31.7 Å². The molecule has 1 amide bonds. The predicted molar refractivity (Wildman–Crippen MR) is 103 cm³/mol. The molecule has 2 heterocycles. The molecular formula is C21H27N3O2. The van der Waals surface area contributed by atoms with Gasteiger partial charge in [0.25, 0.3) is 0 Å². The summed E-state index contributed by atoms with van der Waals surface area (Å²) in [5.74, 6) is 2.59. The smallest absolute Gasteiger partial charge is 0.224 e. The fourth-order valence-electron chi connectivity index (χ4n) is 3.46. The molecule has 2 N–H and O–H groups in total. The Morgan fingerprint density at radius 2 is 2.15 bits per heavy atom. The number of piperidine rings is 1. The fourth-order valence-corrected chi connectivity index (χ4v) is 3.46. The first-order valence-corrected chi connectivity index (χ1v) is 9.31. The van der Waals surface area contributed by atoms with Crippen LogP contribution in [-0.4, -0.2) is 24.0 Å². The van der Waals surface area contributed by atoms with Gasteiger partial charge in [-0.3, -0.25) is 9.78 Å². The Morgan fingerprint density at radius 3 is 2.85 bits per heavy atom. The van der Waals surface area contributed by atoms with Crippen LogP contribution >= 0.6 is 0 Å². The van der Waals surface area contributed by atoms with Crippen molar-refractivity contribution in [1.29, 1.82) is 0 Å². The van der Waals surface area contributed by atoms with Crippen molar-refractivity contribution in [2.24, 2.45) is 11.8 Å². The van der Waals surface area contributed by atoms with E-state index >= 15 is 0 Å². The molecule has 1 aromatic carbocycles. The number of nitrogens with zero attached hydrogens (tertiary/aromatic N) is 1. The largest absolute Gasteiger partial charge is 0.455 e. The third-order valence-corrected chi connectivity index (χ3v) is 5.02. The van der Waals surface area contributed by atoms with Crippen LogP contribution < -0.4 is 15.4 Å². The molecule has 0 radical (unpaired) electrons. The lowest BCUT2D eigenvalue weighted by atomic mass is 9.84. The molecule has 1 fully saturated rings. The molecule has 1 saturated heterocycles. The zero-order valence-electron chi connectivity index (χ0n) is 15.5. The number of hydrogen-bond acceptors (Lipinski definition) is 4. The molecule has 0 spiro atoms. The summed E-state index contributed by atoms with van der Waals surface area (Å²) in [5, 5.41) is 6.40. The zero-order valence-corrected chi connectivity index (χ0v) is 15.5. The van der Waals surface area contributed by atoms with E-state index in [4.69, 9.17) is 4.74 Å². The fraction of sp³-hybridized carbons (Fsp3) is 0.429. The molecule has 1 aliphatic heterocycles. The molecule has 0 aliphatic carbocycles. The zero-order chi connectivity index (χ0) is 18.4. The van der Waals surface area contributed by atoms with Crippen molar-refractivity contribution < 1.29 is 9.53 Å². The summed E-state index contributed by atoms with van der Waals surface area (Å²) >= 11 is 0. The number of ether oxygens (including phenoxy) is 1. The van der Waals surface area contributed by atoms with Crippen molar-refractivity contribution in [3.63, 3.8) is 0 Å². The second kappa shape index (κ2) is 8.81. The van der Waals surface area contributed by atoms with Gasteiger partial charge < -0.3 is 15.4 Å². The Labute approximate surface area is 155 Å². The summed E-state index contributed by atoms with van der Waals surface area (Å²) in [5.41, 5.74) is 1.78. The van der Waals surface area contributed by atoms with Crippen molar-refractivity contribution in [3.8, 4) is 11.5 Å². The van der Waals surface area contributed by atoms with Gasteiger partial charge in [0, 0.05) is 18.3 Å². The number of anilines is 1. The van der Waals surface area contributed by atoms with Crippen LogP contribution in [0.5, 0.6) is 11.5 Å². The third-order valence-electron chi connectivity index (χ3n) is 5.02. The van der Waals surface area contributed by atoms with E-state index in [1.807, 2.05) is 37.3 Å². The molecule has 1 aromatic heterocycles. The molecular weight excluding hydrogens is 326 g/mol. The molecule has 26 heavy (non-hydrogen) atoms. The minimum atomic E-state index is 0.0800. The standard InChI is InChI=1S/C21H27N3O2/c1-15(17-7-10-22-11-8-17)13-21(25)24-18-5-6-20(16(2)12-18)26-19-4-3-9-23-14-19/h3-6,9,12,14-15,17,22H,7-8,10-11,13H2,1-2H3,(H,24,25). The lowest BCUT2D eigenvalue weighted by Crippen LogP contribution is -2.32. The Hall–Kier alpha value is -2.40. The third kappa shape index (κ3) is 5.05. The number of pyridine rings is 1. The van der Waals surface area contributed by atoms with Gasteiger partial charge in [-0.1, -0.05) is 6.92 Å². The highest BCUT2D eigenvalue weighted by atomic mass is 16.5. The summed E-state index contributed by atoms with van der Waals surface area (Å²) in [4.78, 5) is 16.4. The highest BCUT2D eigenvalue weighted by Crippen LogP contribution is 2.28. The lowest BCUT2D eigenvalue weighted by Gasteiger charge is -2.27. The molecule has 5 heteroatoms. The summed E-state index contributed by atoms with van der Waals surface area (Å²) in [6.07, 6.45) is 6.28. The first-order valence-electron chi connectivity index (χ1n) is 9.31. The Balaban J connectivity index is 1.56. The number of aromatic nitrogens is 1. The number of rotatable bonds is 6. The number of carbonyl (C=O) groups is 1. The molecule has 2 aromatic rings. The van der Waals surface area contributed by atoms with Crippen LogP contribution in [0.25, 0.3) is 0 Å². The molecule has 1 aliphatic rings. The summed E-state index contributed by atoms with van der Waals surface area (Å²) < 4.78 is 5.83. The van der Waals surface area contributed by atoms with Crippen molar-refractivity contribution in [1.82, 2.24) is 10.3 Å². The molecule has 0 saturated carbocycles. The molecule has 1 unspecified atom stereocenters. The van der Waals surface area contributed by atoms with Crippen LogP contribution in [-0.2, 0) is 4.79 Å². The van der Waals surface area contributed by atoms with E-state index in [1.54, 1.807) is 12.4 Å². The number of aryl methyl sites for hydroxylation is 1. The van der Waals surface area contributed by atoms with Gasteiger partial charge in [0.1, 0.15) is 11.5 Å². The van der Waals surface area contributed by atoms with Crippen LogP contribution in [0.2, 0.25) is 0 Å². The average Bonchev–Trinajstić information content (AvgIpc) is 2.65. The Morgan fingerprint density at radius 1 is 1.35 bits per heavy atom. The molecule has 0 bridgehead atoms. The van der Waals surface area contributed by atoms with E-state index in [-0.39, 0.29) is 5.91 Å². The van der Waals surface area contributed by atoms with E-state index in [2.05, 4.69) is 22.5 Å². The first-order chi connectivity index (χ1) is 12.6. The van der Waals surface area contributed by atoms with Crippen LogP contribution in [0, 0.1) is 18.8 Å². The van der Waals surface area contributed by atoms with Crippen LogP contribution in [0.15, 0.2) is 42.7 Å². The number of amides is 1. The first kappa shape index (κ1) is 18.4. The molecule has 3 rings (SSSR count). The summed E-state index contributed by atoms with van der Waals surface area (Å²) in [7, 11) is 0. The normalized spacial score (nSPS) is 16.1. The van der Waals surface area contributed by atoms with E-state index in [9.17, 15) is 4.79 Å². The maximum atomic E-state index is 12.4. The number of benzene rings is 1. The van der Waals surface area contributed by atoms with Gasteiger partial charge in [-0.15, -0.1) is 0 Å². The van der Waals surface area contributed by atoms with E-state index in [1.165, 1.54) is 0 Å². The quantitative estimate of drug-likeness (QED) is 0.819. The maximum Gasteiger partial charge on any atom is 0.224 e. The van der Waals surface area contributed by atoms with E-state index < -0.39 is 0 Å². The van der Waals surface area contributed by atoms with Gasteiger partial charge in [-0.05, 0) is 80.6 Å². The second-order valence-electron chi connectivity index (χ2n) is 7.09. The van der Waals surface area contributed by atoms with Gasteiger partial charge in [0.2, 0.25) is 5.91 Å². The topological polar surface area (TPSA) is 63.2 Å². The van der Waals surface area contributed by atoms with Crippen LogP contribution in [0.4, 0.5) is 5.69 Å². The summed E-state index contributed by atoms with van der Waals surface area (Å²) in [6.45, 7) is 6.28. The van der Waals surface area contributed by atoms with Crippen molar-refractivity contribution in [2.45, 2.75) is 33.1 Å². The average molecular weight is 353 g/mol. The minimum absolute atomic E-state index is 0.0800. The van der Waals surface area contributed by atoms with Gasteiger partial charge in [0.05, 0.1) is 6.20 Å². The monoisotopic (exact) mass is 353 g/mol. The highest BCUT2D eigenvalue weighted by Gasteiger charge is 2.22. The van der Waals surface area contributed by atoms with Crippen molar-refractivity contribution >= 4 is 11.6 Å². The second-order valence-corrected chi connectivity index (χ2v) is 7.09. The number of carbonyl (C=O) groups excluding carboxylic acids is 1. The SMILES string of the molecule is Cc1cc(NC(=O)CC(C)C2CCNCC2)ccc1Oc1cccnc1. The molecule has 5 nitrogen and oxygen atoms in total. The van der Waals surface area contributed by atoms with E-state index in [0.717, 1.165) is 42.9 Å². The maximum absolute atomic E-state index is 12.4. The predicted octanol–water partition coefficient (Wildman–Crippen LogP) is 4.15. The number of nitrogens with one attached hydrogen (secondary N) is 2. The van der Waals surface area contributed by atoms with Gasteiger partial charge in [-0.25, -0.2) is 0 Å². The molecule has 1 atom stereocenters. The van der Waals surface area contributed by atoms with Gasteiger partial charge >= 0.3 is 0 Å². The van der Waals surface area contributed by atoms with E-state index in [0.29, 0.717) is 24.0 Å². The van der Waals surface area contributed by atoms with Crippen molar-refractivity contribution in [3.05, 3.63) is 48.3 Å². The lowest BCUT2D eigenvalue weighted by molar-refractivity contribution is -0.117. The Bertz CT molecular complexity index is 727. The number of hydrogen-bond donors (Lipinski definition) is 2. The summed E-state index contributed by atoms with van der Waals surface area (Å²) in [6, 6.07) is 9.41. The minimum Gasteiger partial charge on any atom is -0.455 e. The van der Waals surface area contributed by atoms with Gasteiger partial charge in [0.15, 0.2) is 0 Å². The molecule has 138 valence electrons. The highest BCUT2D eigenvalue weighted by molar-refractivity contribution is 5.91.